The van der Waals surface area contributed by atoms with Gasteiger partial charge in [-0.25, -0.2) is 0 Å². The van der Waals surface area contributed by atoms with Crippen molar-refractivity contribution in [3.05, 3.63) is 34.3 Å². The van der Waals surface area contributed by atoms with Gasteiger partial charge in [0.2, 0.25) is 0 Å². The number of halogens is 1. The minimum Gasteiger partial charge on any atom is -0.380 e. The number of benzene rings is 1. The monoisotopic (exact) mass is 271 g/mol. The Balaban J connectivity index is 2.54. The first-order valence-electron chi connectivity index (χ1n) is 5.15. The van der Waals surface area contributed by atoms with Gasteiger partial charge in [-0.2, -0.15) is 0 Å². The van der Waals surface area contributed by atoms with Crippen molar-refractivity contribution in [3.8, 4) is 0 Å². The molecule has 0 aliphatic heterocycles. The molecule has 84 valence electrons. The quantitative estimate of drug-likeness (QED) is 0.889. The summed E-state index contributed by atoms with van der Waals surface area (Å²) >= 11 is 3.55. The first kappa shape index (κ1) is 12.7. The summed E-state index contributed by atoms with van der Waals surface area (Å²) in [5.74, 6) is 0. The molecule has 15 heavy (non-hydrogen) atoms. The Kier molecular flexibility index (Phi) is 5.29. The zero-order chi connectivity index (χ0) is 11.3. The first-order chi connectivity index (χ1) is 7.15. The summed E-state index contributed by atoms with van der Waals surface area (Å²) in [5, 5.41) is 3.44. The molecule has 1 aromatic carbocycles. The van der Waals surface area contributed by atoms with Crippen LogP contribution in [0, 0.1) is 0 Å². The van der Waals surface area contributed by atoms with Crippen molar-refractivity contribution < 1.29 is 4.74 Å². The maximum Gasteiger partial charge on any atom is 0.0667 e. The minimum absolute atomic E-state index is 0.245. The molecule has 0 spiro atoms. The van der Waals surface area contributed by atoms with Gasteiger partial charge in [0, 0.05) is 24.2 Å². The fourth-order valence-electron chi connectivity index (χ4n) is 1.36. The third-order valence-corrected chi connectivity index (χ3v) is 3.21. The molecular weight excluding hydrogens is 254 g/mol. The highest BCUT2D eigenvalue weighted by Gasteiger charge is 2.09. The van der Waals surface area contributed by atoms with E-state index in [0.29, 0.717) is 6.04 Å². The van der Waals surface area contributed by atoms with Gasteiger partial charge >= 0.3 is 0 Å². The number of nitrogens with one attached hydrogen (secondary N) is 1. The van der Waals surface area contributed by atoms with Gasteiger partial charge in [0.05, 0.1) is 6.10 Å². The van der Waals surface area contributed by atoms with E-state index in [-0.39, 0.29) is 6.10 Å². The van der Waals surface area contributed by atoms with E-state index in [4.69, 9.17) is 4.74 Å². The molecule has 0 aromatic heterocycles. The molecule has 0 radical (unpaired) electrons. The molecule has 0 bridgehead atoms. The summed E-state index contributed by atoms with van der Waals surface area (Å²) in [5.41, 5.74) is 1.28. The van der Waals surface area contributed by atoms with Gasteiger partial charge in [0.15, 0.2) is 0 Å². The molecule has 1 N–H and O–H groups in total. The Morgan fingerprint density at radius 3 is 2.60 bits per heavy atom. The van der Waals surface area contributed by atoms with Gasteiger partial charge in [0.1, 0.15) is 0 Å². The molecule has 0 saturated carbocycles. The van der Waals surface area contributed by atoms with Crippen LogP contribution in [0.4, 0.5) is 0 Å². The number of ether oxygens (including phenoxy) is 1. The SMILES string of the molecule is COC(C)CNC(C)c1ccccc1Br. The predicted octanol–water partition coefficient (Wildman–Crippen LogP) is 3.13. The van der Waals surface area contributed by atoms with E-state index in [1.165, 1.54) is 5.56 Å². The molecule has 3 heteroatoms. The highest BCUT2D eigenvalue weighted by Crippen LogP contribution is 2.22. The summed E-state index contributed by atoms with van der Waals surface area (Å²) < 4.78 is 6.34. The Labute approximate surface area is 100 Å². The Hall–Kier alpha value is -0.380. The highest BCUT2D eigenvalue weighted by molar-refractivity contribution is 9.10. The normalized spacial score (nSPS) is 14.9. The second kappa shape index (κ2) is 6.26. The van der Waals surface area contributed by atoms with E-state index in [2.05, 4.69) is 53.3 Å². The molecule has 2 nitrogen and oxygen atoms in total. The zero-order valence-electron chi connectivity index (χ0n) is 9.46. The number of hydrogen-bond donors (Lipinski definition) is 1. The van der Waals surface area contributed by atoms with Crippen LogP contribution in [0.15, 0.2) is 28.7 Å². The van der Waals surface area contributed by atoms with E-state index in [9.17, 15) is 0 Å². The second-order valence-electron chi connectivity index (χ2n) is 3.70. The molecule has 2 unspecified atom stereocenters. The van der Waals surface area contributed by atoms with E-state index in [1.807, 2.05) is 6.07 Å². The van der Waals surface area contributed by atoms with Gasteiger partial charge in [-0.05, 0) is 25.5 Å². The van der Waals surface area contributed by atoms with Gasteiger partial charge in [-0.1, -0.05) is 34.1 Å². The lowest BCUT2D eigenvalue weighted by atomic mass is 10.1. The van der Waals surface area contributed by atoms with Crippen LogP contribution in [-0.4, -0.2) is 19.8 Å². The van der Waals surface area contributed by atoms with Crippen molar-refractivity contribution in [1.29, 1.82) is 0 Å². The number of methoxy groups -OCH3 is 1. The Morgan fingerprint density at radius 2 is 2.00 bits per heavy atom. The topological polar surface area (TPSA) is 21.3 Å². The van der Waals surface area contributed by atoms with Gasteiger partial charge in [-0.15, -0.1) is 0 Å². The second-order valence-corrected chi connectivity index (χ2v) is 4.55. The first-order valence-corrected chi connectivity index (χ1v) is 5.95. The molecule has 1 aromatic rings. The predicted molar refractivity (Wildman–Crippen MR) is 67.0 cm³/mol. The summed E-state index contributed by atoms with van der Waals surface area (Å²) in [4.78, 5) is 0. The molecule has 2 atom stereocenters. The molecule has 0 aliphatic rings. The van der Waals surface area contributed by atoms with Crippen LogP contribution in [0.3, 0.4) is 0 Å². The summed E-state index contributed by atoms with van der Waals surface area (Å²) in [7, 11) is 1.73. The average molecular weight is 272 g/mol. The van der Waals surface area contributed by atoms with Crippen molar-refractivity contribution in [2.24, 2.45) is 0 Å². The van der Waals surface area contributed by atoms with Crippen molar-refractivity contribution in [1.82, 2.24) is 5.32 Å². The Bertz CT molecular complexity index is 303. The molecule has 0 fully saturated rings. The highest BCUT2D eigenvalue weighted by atomic mass is 79.9. The molecular formula is C12H18BrNO. The lowest BCUT2D eigenvalue weighted by molar-refractivity contribution is 0.115. The molecule has 0 aliphatic carbocycles. The lowest BCUT2D eigenvalue weighted by Gasteiger charge is -2.18. The Morgan fingerprint density at radius 1 is 1.33 bits per heavy atom. The molecule has 0 heterocycles. The van der Waals surface area contributed by atoms with Crippen LogP contribution in [0.2, 0.25) is 0 Å². The number of rotatable bonds is 5. The molecule has 0 amide bonds. The van der Waals surface area contributed by atoms with Crippen molar-refractivity contribution >= 4 is 15.9 Å². The average Bonchev–Trinajstić information content (AvgIpc) is 2.26. The third-order valence-electron chi connectivity index (χ3n) is 2.49. The number of hydrogen-bond acceptors (Lipinski definition) is 2. The van der Waals surface area contributed by atoms with Gasteiger partial charge < -0.3 is 10.1 Å². The van der Waals surface area contributed by atoms with E-state index in [1.54, 1.807) is 7.11 Å². The zero-order valence-corrected chi connectivity index (χ0v) is 11.0. The summed E-state index contributed by atoms with van der Waals surface area (Å²) in [6, 6.07) is 8.60. The van der Waals surface area contributed by atoms with Crippen LogP contribution in [0.25, 0.3) is 0 Å². The largest absolute Gasteiger partial charge is 0.380 e. The maximum atomic E-state index is 5.19. The fourth-order valence-corrected chi connectivity index (χ4v) is 1.99. The summed E-state index contributed by atoms with van der Waals surface area (Å²) in [6.45, 7) is 5.07. The minimum atomic E-state index is 0.245. The van der Waals surface area contributed by atoms with Crippen molar-refractivity contribution in [2.75, 3.05) is 13.7 Å². The fraction of sp³-hybridized carbons (Fsp3) is 0.500. The van der Waals surface area contributed by atoms with Gasteiger partial charge in [-0.3, -0.25) is 0 Å². The van der Waals surface area contributed by atoms with Crippen LogP contribution in [0.1, 0.15) is 25.5 Å². The smallest absolute Gasteiger partial charge is 0.0667 e. The van der Waals surface area contributed by atoms with Crippen LogP contribution in [0.5, 0.6) is 0 Å². The summed E-state index contributed by atoms with van der Waals surface area (Å²) in [6.07, 6.45) is 0.245. The third kappa shape index (κ3) is 3.93. The van der Waals surface area contributed by atoms with Crippen molar-refractivity contribution in [3.63, 3.8) is 0 Å². The van der Waals surface area contributed by atoms with E-state index >= 15 is 0 Å². The van der Waals surface area contributed by atoms with Crippen LogP contribution >= 0.6 is 15.9 Å². The van der Waals surface area contributed by atoms with Crippen molar-refractivity contribution in [2.45, 2.75) is 26.0 Å². The maximum absolute atomic E-state index is 5.19. The van der Waals surface area contributed by atoms with Crippen LogP contribution < -0.4 is 5.32 Å². The molecule has 0 saturated heterocycles. The van der Waals surface area contributed by atoms with E-state index < -0.39 is 0 Å². The standard InChI is InChI=1S/C12H18BrNO/c1-9(15-3)8-14-10(2)11-6-4-5-7-12(11)13/h4-7,9-10,14H,8H2,1-3H3. The van der Waals surface area contributed by atoms with E-state index in [0.717, 1.165) is 11.0 Å². The molecule has 1 rings (SSSR count). The van der Waals surface area contributed by atoms with Gasteiger partial charge in [0.25, 0.3) is 0 Å². The van der Waals surface area contributed by atoms with Crippen LogP contribution in [-0.2, 0) is 4.74 Å². The lowest BCUT2D eigenvalue weighted by Crippen LogP contribution is -2.28.